The molecule has 0 aromatic carbocycles. The molecule has 2 aromatic rings. The maximum atomic E-state index is 12.6. The van der Waals surface area contributed by atoms with Crippen LogP contribution in [0.4, 0.5) is 0 Å². The summed E-state index contributed by atoms with van der Waals surface area (Å²) >= 11 is 7.48. The molecule has 0 radical (unpaired) electrons. The number of hydrogen-bond donors (Lipinski definition) is 0. The van der Waals surface area contributed by atoms with E-state index in [-0.39, 0.29) is 5.91 Å². The number of nitrogens with zero attached hydrogens (tertiary/aromatic N) is 4. The zero-order valence-corrected chi connectivity index (χ0v) is 16.5. The average Bonchev–Trinajstić information content (AvgIpc) is 3.11. The Balaban J connectivity index is 1.98. The second-order valence-electron chi connectivity index (χ2n) is 5.89. The zero-order chi connectivity index (χ0) is 18.4. The third-order valence-electron chi connectivity index (χ3n) is 4.27. The van der Waals surface area contributed by atoms with Gasteiger partial charge in [0, 0.05) is 23.5 Å². The molecule has 0 aliphatic heterocycles. The summed E-state index contributed by atoms with van der Waals surface area (Å²) in [6.07, 6.45) is 1.57. The summed E-state index contributed by atoms with van der Waals surface area (Å²) in [4.78, 5) is 15.5. The van der Waals surface area contributed by atoms with Crippen LogP contribution in [0.25, 0.3) is 0 Å². The molecule has 0 saturated heterocycles. The first-order valence-electron chi connectivity index (χ1n) is 8.38. The predicted molar refractivity (Wildman–Crippen MR) is 101 cm³/mol. The Hall–Kier alpha value is -1.84. The summed E-state index contributed by atoms with van der Waals surface area (Å²) in [5, 5.41) is 13.2. The quantitative estimate of drug-likeness (QED) is 0.694. The van der Waals surface area contributed by atoms with Crippen LogP contribution in [-0.4, -0.2) is 27.1 Å². The smallest absolute Gasteiger partial charge is 0.223 e. The van der Waals surface area contributed by atoms with E-state index in [1.54, 1.807) is 0 Å². The van der Waals surface area contributed by atoms with Crippen molar-refractivity contribution in [1.82, 2.24) is 14.7 Å². The average molecular weight is 379 g/mol. The molecule has 2 aromatic heterocycles. The van der Waals surface area contributed by atoms with Crippen LogP contribution in [0.2, 0.25) is 4.34 Å². The van der Waals surface area contributed by atoms with E-state index in [0.717, 1.165) is 26.2 Å². The first-order valence-corrected chi connectivity index (χ1v) is 9.57. The van der Waals surface area contributed by atoms with E-state index >= 15 is 0 Å². The fraction of sp³-hybridized carbons (Fsp3) is 0.500. The lowest BCUT2D eigenvalue weighted by Gasteiger charge is -2.20. The van der Waals surface area contributed by atoms with Gasteiger partial charge in [-0.05, 0) is 44.9 Å². The molecule has 25 heavy (non-hydrogen) atoms. The summed E-state index contributed by atoms with van der Waals surface area (Å²) in [6.45, 7) is 7.82. The minimum atomic E-state index is 0.135. The number of nitriles is 1. The van der Waals surface area contributed by atoms with Gasteiger partial charge in [0.05, 0.1) is 35.6 Å². The Morgan fingerprint density at radius 3 is 2.80 bits per heavy atom. The van der Waals surface area contributed by atoms with Gasteiger partial charge in [0.1, 0.15) is 0 Å². The topological polar surface area (TPSA) is 61.9 Å². The number of aromatic nitrogens is 2. The molecule has 0 bridgehead atoms. The standard InChI is InChI=1S/C18H23ClN4OS/c1-4-22(12-15-6-8-17(19)25-15)18(24)9-7-16-13(2)21-23(14(16)3)11-5-10-20/h6,8H,4-5,7,9,11-12H2,1-3H3. The van der Waals surface area contributed by atoms with Crippen molar-refractivity contribution < 1.29 is 4.79 Å². The minimum absolute atomic E-state index is 0.135. The fourth-order valence-electron chi connectivity index (χ4n) is 2.86. The van der Waals surface area contributed by atoms with Gasteiger partial charge in [-0.3, -0.25) is 9.48 Å². The highest BCUT2D eigenvalue weighted by atomic mass is 35.5. The van der Waals surface area contributed by atoms with E-state index < -0.39 is 0 Å². The maximum absolute atomic E-state index is 12.6. The summed E-state index contributed by atoms with van der Waals surface area (Å²) in [6, 6.07) is 5.97. The molecule has 134 valence electrons. The molecule has 0 atom stereocenters. The second kappa shape index (κ2) is 9.02. The molecule has 0 N–H and O–H groups in total. The molecule has 0 unspecified atom stereocenters. The van der Waals surface area contributed by atoms with E-state index in [0.29, 0.717) is 38.9 Å². The Bertz CT molecular complexity index is 775. The molecule has 2 heterocycles. The first kappa shape index (κ1) is 19.5. The van der Waals surface area contributed by atoms with Gasteiger partial charge >= 0.3 is 0 Å². The van der Waals surface area contributed by atoms with Crippen molar-refractivity contribution in [2.24, 2.45) is 0 Å². The lowest BCUT2D eigenvalue weighted by molar-refractivity contribution is -0.131. The Morgan fingerprint density at radius 1 is 1.44 bits per heavy atom. The third kappa shape index (κ3) is 5.07. The Labute approximate surface area is 157 Å². The maximum Gasteiger partial charge on any atom is 0.223 e. The molecule has 0 aliphatic rings. The normalized spacial score (nSPS) is 10.7. The van der Waals surface area contributed by atoms with E-state index in [1.165, 1.54) is 11.3 Å². The molecule has 0 spiro atoms. The minimum Gasteiger partial charge on any atom is -0.338 e. The van der Waals surface area contributed by atoms with Crippen LogP contribution in [0.15, 0.2) is 12.1 Å². The molecular weight excluding hydrogens is 356 g/mol. The molecule has 7 heteroatoms. The van der Waals surface area contributed by atoms with Crippen molar-refractivity contribution in [3.8, 4) is 6.07 Å². The van der Waals surface area contributed by atoms with Crippen LogP contribution in [-0.2, 0) is 24.3 Å². The molecule has 2 rings (SSSR count). The zero-order valence-electron chi connectivity index (χ0n) is 14.9. The van der Waals surface area contributed by atoms with Crippen LogP contribution in [0, 0.1) is 25.2 Å². The number of hydrogen-bond acceptors (Lipinski definition) is 4. The number of amides is 1. The van der Waals surface area contributed by atoms with Gasteiger partial charge in [-0.15, -0.1) is 11.3 Å². The highest BCUT2D eigenvalue weighted by molar-refractivity contribution is 7.16. The van der Waals surface area contributed by atoms with E-state index in [9.17, 15) is 4.79 Å². The van der Waals surface area contributed by atoms with Gasteiger partial charge in [-0.1, -0.05) is 11.6 Å². The van der Waals surface area contributed by atoms with Crippen LogP contribution in [0.5, 0.6) is 0 Å². The number of halogens is 1. The summed E-state index contributed by atoms with van der Waals surface area (Å²) in [5.74, 6) is 0.135. The number of carbonyl (C=O) groups excluding carboxylic acids is 1. The number of carbonyl (C=O) groups is 1. The molecule has 0 saturated carbocycles. The van der Waals surface area contributed by atoms with E-state index in [1.807, 2.05) is 42.5 Å². The summed E-state index contributed by atoms with van der Waals surface area (Å²) < 4.78 is 2.61. The van der Waals surface area contributed by atoms with Gasteiger partial charge in [0.25, 0.3) is 0 Å². The summed E-state index contributed by atoms with van der Waals surface area (Å²) in [5.41, 5.74) is 3.10. The molecule has 1 amide bonds. The highest BCUT2D eigenvalue weighted by Gasteiger charge is 2.17. The van der Waals surface area contributed by atoms with Crippen molar-refractivity contribution in [3.05, 3.63) is 38.3 Å². The van der Waals surface area contributed by atoms with Crippen molar-refractivity contribution in [3.63, 3.8) is 0 Å². The van der Waals surface area contributed by atoms with Crippen molar-refractivity contribution in [2.75, 3.05) is 6.54 Å². The summed E-state index contributed by atoms with van der Waals surface area (Å²) in [7, 11) is 0. The van der Waals surface area contributed by atoms with Crippen LogP contribution in [0.1, 0.15) is 41.6 Å². The van der Waals surface area contributed by atoms with E-state index in [4.69, 9.17) is 16.9 Å². The largest absolute Gasteiger partial charge is 0.338 e. The van der Waals surface area contributed by atoms with Crippen molar-refractivity contribution in [2.45, 2.75) is 53.1 Å². The van der Waals surface area contributed by atoms with Crippen LogP contribution < -0.4 is 0 Å². The second-order valence-corrected chi connectivity index (χ2v) is 7.69. The fourth-order valence-corrected chi connectivity index (χ4v) is 3.96. The van der Waals surface area contributed by atoms with Gasteiger partial charge in [-0.25, -0.2) is 0 Å². The molecule has 5 nitrogen and oxygen atoms in total. The Morgan fingerprint density at radius 2 is 2.20 bits per heavy atom. The van der Waals surface area contributed by atoms with Crippen molar-refractivity contribution >= 4 is 28.8 Å². The predicted octanol–water partition coefficient (Wildman–Crippen LogP) is 4.11. The SMILES string of the molecule is CCN(Cc1ccc(Cl)s1)C(=O)CCc1c(C)nn(CCC#N)c1C. The monoisotopic (exact) mass is 378 g/mol. The molecular formula is C18H23ClN4OS. The van der Waals surface area contributed by atoms with E-state index in [2.05, 4.69) is 11.2 Å². The Kier molecular flexibility index (Phi) is 7.03. The van der Waals surface area contributed by atoms with Gasteiger partial charge in [0.15, 0.2) is 0 Å². The first-order chi connectivity index (χ1) is 12.0. The van der Waals surface area contributed by atoms with Gasteiger partial charge in [-0.2, -0.15) is 10.4 Å². The van der Waals surface area contributed by atoms with Crippen LogP contribution in [0.3, 0.4) is 0 Å². The van der Waals surface area contributed by atoms with Crippen LogP contribution >= 0.6 is 22.9 Å². The lowest BCUT2D eigenvalue weighted by atomic mass is 10.1. The third-order valence-corrected chi connectivity index (χ3v) is 5.48. The molecule has 0 fully saturated rings. The number of aryl methyl sites for hydroxylation is 2. The lowest BCUT2D eigenvalue weighted by Crippen LogP contribution is -2.30. The number of thiophene rings is 1. The highest BCUT2D eigenvalue weighted by Crippen LogP contribution is 2.23. The van der Waals surface area contributed by atoms with Crippen molar-refractivity contribution in [1.29, 1.82) is 5.26 Å². The van der Waals surface area contributed by atoms with Gasteiger partial charge < -0.3 is 4.90 Å². The number of rotatable bonds is 8. The molecule has 0 aliphatic carbocycles. The van der Waals surface area contributed by atoms with Gasteiger partial charge in [0.2, 0.25) is 5.91 Å².